The van der Waals surface area contributed by atoms with Crippen LogP contribution in [0.4, 0.5) is 5.69 Å². The average molecular weight is 430 g/mol. The molecule has 1 amide bonds. The molecule has 0 spiro atoms. The number of anilines is 1. The van der Waals surface area contributed by atoms with Crippen molar-refractivity contribution in [2.75, 3.05) is 31.7 Å². The van der Waals surface area contributed by atoms with Crippen molar-refractivity contribution >= 4 is 11.6 Å². The summed E-state index contributed by atoms with van der Waals surface area (Å²) in [6.07, 6.45) is 4.67. The number of carbonyl (C=O) groups is 1. The number of hydrogen-bond donors (Lipinski definition) is 1. The summed E-state index contributed by atoms with van der Waals surface area (Å²) in [5.74, 6) is 2.05. The van der Waals surface area contributed by atoms with E-state index >= 15 is 0 Å². The van der Waals surface area contributed by atoms with Gasteiger partial charge in [-0.15, -0.1) is 0 Å². The normalized spacial score (nSPS) is 10.5. The van der Waals surface area contributed by atoms with Crippen molar-refractivity contribution in [3.63, 3.8) is 0 Å². The van der Waals surface area contributed by atoms with Crippen molar-refractivity contribution in [2.24, 2.45) is 0 Å². The van der Waals surface area contributed by atoms with Gasteiger partial charge in [0.05, 0.1) is 26.4 Å². The second-order valence-electron chi connectivity index (χ2n) is 6.99. The molecule has 0 heterocycles. The highest BCUT2D eigenvalue weighted by Gasteiger charge is 2.18. The number of carbonyl (C=O) groups excluding carboxylic acids is 1. The van der Waals surface area contributed by atoms with E-state index in [2.05, 4.69) is 12.2 Å². The van der Waals surface area contributed by atoms with E-state index in [0.29, 0.717) is 54.9 Å². The molecule has 2 rings (SSSR count). The van der Waals surface area contributed by atoms with Gasteiger partial charge >= 0.3 is 0 Å². The lowest BCUT2D eigenvalue weighted by Gasteiger charge is -2.17. The van der Waals surface area contributed by atoms with Crippen molar-refractivity contribution in [1.29, 1.82) is 0 Å². The molecule has 0 aliphatic heterocycles. The number of unbranched alkanes of at least 4 members (excludes halogenated alkanes) is 3. The first kappa shape index (κ1) is 24.4. The highest BCUT2D eigenvalue weighted by molar-refractivity contribution is 6.05. The topological polar surface area (TPSA) is 66.0 Å². The van der Waals surface area contributed by atoms with Crippen LogP contribution in [0, 0.1) is 0 Å². The van der Waals surface area contributed by atoms with E-state index in [9.17, 15) is 4.79 Å². The fraction of sp³-hybridized carbons (Fsp3) is 0.480. The maximum absolute atomic E-state index is 12.9. The molecule has 170 valence electrons. The van der Waals surface area contributed by atoms with Gasteiger partial charge in [0, 0.05) is 11.3 Å². The van der Waals surface area contributed by atoms with Crippen molar-refractivity contribution in [3.8, 4) is 23.0 Å². The van der Waals surface area contributed by atoms with Gasteiger partial charge in [-0.05, 0) is 63.6 Å². The van der Waals surface area contributed by atoms with Crippen LogP contribution in [0.5, 0.6) is 23.0 Å². The predicted molar refractivity (Wildman–Crippen MR) is 124 cm³/mol. The third kappa shape index (κ3) is 7.70. The van der Waals surface area contributed by atoms with Gasteiger partial charge in [0.1, 0.15) is 5.75 Å². The fourth-order valence-electron chi connectivity index (χ4n) is 3.08. The van der Waals surface area contributed by atoms with E-state index in [1.807, 2.05) is 45.0 Å². The zero-order chi connectivity index (χ0) is 22.5. The molecule has 0 atom stereocenters. The molecule has 0 aromatic heterocycles. The monoisotopic (exact) mass is 429 g/mol. The Hall–Kier alpha value is -2.89. The van der Waals surface area contributed by atoms with E-state index in [1.165, 1.54) is 19.3 Å². The summed E-state index contributed by atoms with van der Waals surface area (Å²) in [7, 11) is 0. The maximum Gasteiger partial charge on any atom is 0.255 e. The van der Waals surface area contributed by atoms with Gasteiger partial charge in [0.25, 0.3) is 5.91 Å². The second-order valence-corrected chi connectivity index (χ2v) is 6.99. The Morgan fingerprint density at radius 3 is 1.94 bits per heavy atom. The zero-order valence-corrected chi connectivity index (χ0v) is 19.2. The van der Waals surface area contributed by atoms with Crippen LogP contribution >= 0.6 is 0 Å². The van der Waals surface area contributed by atoms with E-state index in [-0.39, 0.29) is 5.91 Å². The Balaban J connectivity index is 2.08. The minimum Gasteiger partial charge on any atom is -0.494 e. The van der Waals surface area contributed by atoms with Crippen LogP contribution in [0.25, 0.3) is 0 Å². The average Bonchev–Trinajstić information content (AvgIpc) is 2.77. The smallest absolute Gasteiger partial charge is 0.255 e. The number of hydrogen-bond acceptors (Lipinski definition) is 5. The van der Waals surface area contributed by atoms with E-state index < -0.39 is 0 Å². The predicted octanol–water partition coefficient (Wildman–Crippen LogP) is 6.09. The molecule has 6 nitrogen and oxygen atoms in total. The molecule has 1 N–H and O–H groups in total. The molecule has 0 saturated carbocycles. The maximum atomic E-state index is 12.9. The Kier molecular flexibility index (Phi) is 10.6. The largest absolute Gasteiger partial charge is 0.494 e. The Morgan fingerprint density at radius 2 is 1.39 bits per heavy atom. The first-order valence-electron chi connectivity index (χ1n) is 11.2. The third-order valence-corrected chi connectivity index (χ3v) is 4.55. The molecule has 6 heteroatoms. The summed E-state index contributed by atoms with van der Waals surface area (Å²) in [5, 5.41) is 2.91. The Morgan fingerprint density at radius 1 is 0.774 bits per heavy atom. The molecule has 0 radical (unpaired) electrons. The van der Waals surface area contributed by atoms with E-state index in [0.717, 1.165) is 12.2 Å². The standard InChI is InChI=1S/C25H35NO5/c1-5-9-10-11-16-31-21-14-12-20(13-15-21)26-25(27)19-17-22(28-6-2)24(30-8-4)23(18-19)29-7-3/h12-15,17-18H,5-11,16H2,1-4H3,(H,26,27). The van der Waals surface area contributed by atoms with Gasteiger partial charge in [-0.3, -0.25) is 4.79 Å². The lowest BCUT2D eigenvalue weighted by molar-refractivity contribution is 0.102. The van der Waals surface area contributed by atoms with Crippen molar-refractivity contribution in [3.05, 3.63) is 42.0 Å². The van der Waals surface area contributed by atoms with Crippen LogP contribution in [0.2, 0.25) is 0 Å². The SMILES string of the molecule is CCCCCCOc1ccc(NC(=O)c2cc(OCC)c(OCC)c(OCC)c2)cc1. The molecular formula is C25H35NO5. The summed E-state index contributed by atoms with van der Waals surface area (Å²) in [6.45, 7) is 9.94. The van der Waals surface area contributed by atoms with Crippen molar-refractivity contribution in [1.82, 2.24) is 0 Å². The number of nitrogens with one attached hydrogen (secondary N) is 1. The van der Waals surface area contributed by atoms with Gasteiger partial charge < -0.3 is 24.3 Å². The van der Waals surface area contributed by atoms with Crippen LogP contribution in [0.3, 0.4) is 0 Å². The highest BCUT2D eigenvalue weighted by atomic mass is 16.5. The summed E-state index contributed by atoms with van der Waals surface area (Å²) in [5.41, 5.74) is 1.12. The number of rotatable bonds is 14. The summed E-state index contributed by atoms with van der Waals surface area (Å²) < 4.78 is 22.8. The minimum atomic E-state index is -0.252. The molecule has 0 fully saturated rings. The highest BCUT2D eigenvalue weighted by Crippen LogP contribution is 2.39. The molecule has 0 aliphatic rings. The quantitative estimate of drug-likeness (QED) is 0.368. The van der Waals surface area contributed by atoms with Crippen LogP contribution in [-0.4, -0.2) is 32.3 Å². The molecule has 0 saturated heterocycles. The number of amides is 1. The zero-order valence-electron chi connectivity index (χ0n) is 19.2. The summed E-state index contributed by atoms with van der Waals surface area (Å²) >= 11 is 0. The molecule has 31 heavy (non-hydrogen) atoms. The Bertz CT molecular complexity index is 777. The molecule has 2 aromatic rings. The minimum absolute atomic E-state index is 0.252. The molecule has 0 unspecified atom stereocenters. The number of ether oxygens (including phenoxy) is 4. The lowest BCUT2D eigenvalue weighted by Crippen LogP contribution is -2.13. The van der Waals surface area contributed by atoms with Gasteiger partial charge in [-0.2, -0.15) is 0 Å². The summed E-state index contributed by atoms with van der Waals surface area (Å²) in [6, 6.07) is 10.8. The Labute approximate surface area is 185 Å². The molecule has 0 aliphatic carbocycles. The van der Waals surface area contributed by atoms with Crippen molar-refractivity contribution < 1.29 is 23.7 Å². The van der Waals surface area contributed by atoms with Crippen LogP contribution in [0.1, 0.15) is 63.7 Å². The number of benzene rings is 2. The molecule has 0 bridgehead atoms. The van der Waals surface area contributed by atoms with Gasteiger partial charge in [-0.1, -0.05) is 26.2 Å². The second kappa shape index (κ2) is 13.4. The summed E-state index contributed by atoms with van der Waals surface area (Å²) in [4.78, 5) is 12.9. The van der Waals surface area contributed by atoms with Crippen LogP contribution in [0.15, 0.2) is 36.4 Å². The van der Waals surface area contributed by atoms with Gasteiger partial charge in [-0.25, -0.2) is 0 Å². The first-order chi connectivity index (χ1) is 15.1. The fourth-order valence-corrected chi connectivity index (χ4v) is 3.08. The van der Waals surface area contributed by atoms with Crippen LogP contribution < -0.4 is 24.3 Å². The van der Waals surface area contributed by atoms with Crippen molar-refractivity contribution in [2.45, 2.75) is 53.4 Å². The van der Waals surface area contributed by atoms with E-state index in [1.54, 1.807) is 12.1 Å². The first-order valence-corrected chi connectivity index (χ1v) is 11.2. The van der Waals surface area contributed by atoms with Gasteiger partial charge in [0.15, 0.2) is 11.5 Å². The van der Waals surface area contributed by atoms with Crippen LogP contribution in [-0.2, 0) is 0 Å². The van der Waals surface area contributed by atoms with Gasteiger partial charge in [0.2, 0.25) is 5.75 Å². The third-order valence-electron chi connectivity index (χ3n) is 4.55. The van der Waals surface area contributed by atoms with E-state index in [4.69, 9.17) is 18.9 Å². The molecule has 2 aromatic carbocycles. The molecular weight excluding hydrogens is 394 g/mol. The lowest BCUT2D eigenvalue weighted by atomic mass is 10.1.